The van der Waals surface area contributed by atoms with Gasteiger partial charge in [0.05, 0.1) is 7.11 Å². The molecule has 0 bridgehead atoms. The number of hydrogen-bond donors (Lipinski definition) is 4. The number of benzene rings is 3. The lowest BCUT2D eigenvalue weighted by Gasteiger charge is -2.18. The van der Waals surface area contributed by atoms with Crippen LogP contribution >= 0.6 is 0 Å². The van der Waals surface area contributed by atoms with Gasteiger partial charge in [0.2, 0.25) is 0 Å². The van der Waals surface area contributed by atoms with Gasteiger partial charge in [-0.05, 0) is 47.0 Å². The summed E-state index contributed by atoms with van der Waals surface area (Å²) in [7, 11) is 1.58. The van der Waals surface area contributed by atoms with Gasteiger partial charge in [-0.1, -0.05) is 54.6 Å². The fourth-order valence-corrected chi connectivity index (χ4v) is 3.16. The molecule has 1 atom stereocenters. The fraction of sp³-hybridized carbons (Fsp3) is 0.120. The number of hydroxylamine groups is 1. The smallest absolute Gasteiger partial charge is 0.266 e. The van der Waals surface area contributed by atoms with Crippen molar-refractivity contribution in [2.45, 2.75) is 12.5 Å². The SMILES string of the molecule is COc1ccc(C=C(C(=O)NC(Cc2ccc(O)cc2)C(=O)NO)c2ccccc2)cc1. The van der Waals surface area contributed by atoms with Crippen LogP contribution in [0.4, 0.5) is 0 Å². The Labute approximate surface area is 185 Å². The molecule has 164 valence electrons. The molecule has 0 aliphatic rings. The second-order valence-electron chi connectivity index (χ2n) is 7.07. The number of ether oxygens (including phenoxy) is 1. The number of methoxy groups -OCH3 is 1. The van der Waals surface area contributed by atoms with Gasteiger partial charge in [-0.3, -0.25) is 14.8 Å². The summed E-state index contributed by atoms with van der Waals surface area (Å²) >= 11 is 0. The van der Waals surface area contributed by atoms with Crippen molar-refractivity contribution in [1.29, 1.82) is 0 Å². The van der Waals surface area contributed by atoms with E-state index in [0.717, 1.165) is 5.56 Å². The van der Waals surface area contributed by atoms with E-state index < -0.39 is 17.9 Å². The molecule has 1 unspecified atom stereocenters. The van der Waals surface area contributed by atoms with Crippen LogP contribution in [-0.4, -0.2) is 35.3 Å². The van der Waals surface area contributed by atoms with Gasteiger partial charge in [0.25, 0.3) is 11.8 Å². The molecule has 0 aromatic heterocycles. The van der Waals surface area contributed by atoms with Gasteiger partial charge < -0.3 is 15.2 Å². The highest BCUT2D eigenvalue weighted by atomic mass is 16.5. The quantitative estimate of drug-likeness (QED) is 0.189. The first-order valence-electron chi connectivity index (χ1n) is 9.94. The minimum atomic E-state index is -1.03. The Morgan fingerprint density at radius 2 is 1.62 bits per heavy atom. The summed E-state index contributed by atoms with van der Waals surface area (Å²) in [6, 6.07) is 21.6. The molecule has 3 rings (SSSR count). The molecule has 32 heavy (non-hydrogen) atoms. The van der Waals surface area contributed by atoms with E-state index in [2.05, 4.69) is 5.32 Å². The molecule has 0 heterocycles. The van der Waals surface area contributed by atoms with Crippen molar-refractivity contribution in [1.82, 2.24) is 10.8 Å². The summed E-state index contributed by atoms with van der Waals surface area (Å²) in [4.78, 5) is 25.5. The second kappa shape index (κ2) is 10.8. The highest BCUT2D eigenvalue weighted by Gasteiger charge is 2.23. The van der Waals surface area contributed by atoms with Crippen molar-refractivity contribution in [3.63, 3.8) is 0 Å². The van der Waals surface area contributed by atoms with E-state index in [1.165, 1.54) is 12.1 Å². The molecule has 0 saturated heterocycles. The van der Waals surface area contributed by atoms with Gasteiger partial charge in [-0.2, -0.15) is 0 Å². The third kappa shape index (κ3) is 5.96. The minimum absolute atomic E-state index is 0.0923. The number of phenols is 1. The third-order valence-electron chi connectivity index (χ3n) is 4.86. The Bertz CT molecular complexity index is 1080. The number of phenolic OH excluding ortho intramolecular Hbond substituents is 1. The van der Waals surface area contributed by atoms with E-state index in [-0.39, 0.29) is 12.2 Å². The van der Waals surface area contributed by atoms with Crippen molar-refractivity contribution in [2.75, 3.05) is 7.11 Å². The average Bonchev–Trinajstić information content (AvgIpc) is 2.83. The summed E-state index contributed by atoms with van der Waals surface area (Å²) < 4.78 is 5.18. The summed E-state index contributed by atoms with van der Waals surface area (Å²) in [5.74, 6) is -0.432. The van der Waals surface area contributed by atoms with E-state index in [4.69, 9.17) is 9.94 Å². The Morgan fingerprint density at radius 1 is 0.969 bits per heavy atom. The zero-order valence-electron chi connectivity index (χ0n) is 17.5. The highest BCUT2D eigenvalue weighted by molar-refractivity contribution is 6.24. The molecular weight excluding hydrogens is 408 g/mol. The van der Waals surface area contributed by atoms with Crippen molar-refractivity contribution in [3.05, 3.63) is 95.6 Å². The normalized spacial score (nSPS) is 12.0. The first kappa shape index (κ1) is 22.6. The van der Waals surface area contributed by atoms with Gasteiger partial charge in [0.1, 0.15) is 17.5 Å². The number of aromatic hydroxyl groups is 1. The number of rotatable bonds is 8. The number of hydrogen-bond acceptors (Lipinski definition) is 5. The van der Waals surface area contributed by atoms with Crippen LogP contribution in [0.15, 0.2) is 78.9 Å². The summed E-state index contributed by atoms with van der Waals surface area (Å²) in [6.45, 7) is 0. The van der Waals surface area contributed by atoms with Crippen LogP contribution in [0.25, 0.3) is 11.6 Å². The Kier molecular flexibility index (Phi) is 7.61. The number of amides is 2. The highest BCUT2D eigenvalue weighted by Crippen LogP contribution is 2.21. The molecule has 7 nitrogen and oxygen atoms in total. The van der Waals surface area contributed by atoms with E-state index in [1.807, 2.05) is 30.3 Å². The van der Waals surface area contributed by atoms with Gasteiger partial charge in [-0.15, -0.1) is 0 Å². The Morgan fingerprint density at radius 3 is 2.22 bits per heavy atom. The maximum atomic E-state index is 13.2. The van der Waals surface area contributed by atoms with Crippen LogP contribution in [0.1, 0.15) is 16.7 Å². The first-order valence-corrected chi connectivity index (χ1v) is 9.94. The van der Waals surface area contributed by atoms with Crippen LogP contribution in [0.3, 0.4) is 0 Å². The van der Waals surface area contributed by atoms with Crippen molar-refractivity contribution in [3.8, 4) is 11.5 Å². The molecule has 0 radical (unpaired) electrons. The van der Waals surface area contributed by atoms with Crippen LogP contribution in [0.2, 0.25) is 0 Å². The fourth-order valence-electron chi connectivity index (χ4n) is 3.16. The average molecular weight is 432 g/mol. The van der Waals surface area contributed by atoms with Crippen molar-refractivity contribution in [2.24, 2.45) is 0 Å². The summed E-state index contributed by atoms with van der Waals surface area (Å²) in [5, 5.41) is 21.3. The maximum Gasteiger partial charge on any atom is 0.266 e. The lowest BCUT2D eigenvalue weighted by atomic mass is 10.00. The van der Waals surface area contributed by atoms with Gasteiger partial charge in [0.15, 0.2) is 0 Å². The molecule has 0 aliphatic heterocycles. The van der Waals surface area contributed by atoms with Crippen LogP contribution in [0, 0.1) is 0 Å². The largest absolute Gasteiger partial charge is 0.508 e. The van der Waals surface area contributed by atoms with E-state index in [9.17, 15) is 14.7 Å². The molecule has 0 aliphatic carbocycles. The van der Waals surface area contributed by atoms with Crippen LogP contribution in [0.5, 0.6) is 11.5 Å². The molecule has 7 heteroatoms. The topological polar surface area (TPSA) is 108 Å². The van der Waals surface area contributed by atoms with E-state index in [0.29, 0.717) is 22.4 Å². The summed E-state index contributed by atoms with van der Waals surface area (Å²) in [5.41, 5.74) is 4.12. The number of nitrogens with one attached hydrogen (secondary N) is 2. The lowest BCUT2D eigenvalue weighted by Crippen LogP contribution is -2.47. The third-order valence-corrected chi connectivity index (χ3v) is 4.86. The first-order chi connectivity index (χ1) is 15.5. The number of carbonyl (C=O) groups is 2. The maximum absolute atomic E-state index is 13.2. The second-order valence-corrected chi connectivity index (χ2v) is 7.07. The van der Waals surface area contributed by atoms with Crippen molar-refractivity contribution < 1.29 is 24.6 Å². The molecule has 3 aromatic carbocycles. The molecule has 0 spiro atoms. The van der Waals surface area contributed by atoms with Crippen molar-refractivity contribution >= 4 is 23.5 Å². The number of carbonyl (C=O) groups excluding carboxylic acids is 2. The van der Waals surface area contributed by atoms with E-state index in [1.54, 1.807) is 55.1 Å². The Balaban J connectivity index is 1.90. The summed E-state index contributed by atoms with van der Waals surface area (Å²) in [6.07, 6.45) is 1.85. The molecule has 0 fully saturated rings. The van der Waals surface area contributed by atoms with Gasteiger partial charge in [0, 0.05) is 12.0 Å². The molecule has 3 aromatic rings. The van der Waals surface area contributed by atoms with Crippen LogP contribution in [-0.2, 0) is 16.0 Å². The van der Waals surface area contributed by atoms with Crippen LogP contribution < -0.4 is 15.5 Å². The predicted octanol–water partition coefficient (Wildman–Crippen LogP) is 3.17. The predicted molar refractivity (Wildman–Crippen MR) is 121 cm³/mol. The zero-order chi connectivity index (χ0) is 22.9. The zero-order valence-corrected chi connectivity index (χ0v) is 17.5. The molecular formula is C25H24N2O5. The monoisotopic (exact) mass is 432 g/mol. The molecule has 2 amide bonds. The lowest BCUT2D eigenvalue weighted by molar-refractivity contribution is -0.133. The van der Waals surface area contributed by atoms with E-state index >= 15 is 0 Å². The van der Waals surface area contributed by atoms with Gasteiger partial charge in [-0.25, -0.2) is 5.48 Å². The molecule has 0 saturated carbocycles. The van der Waals surface area contributed by atoms with Gasteiger partial charge >= 0.3 is 0 Å². The minimum Gasteiger partial charge on any atom is -0.508 e. The standard InChI is InChI=1S/C25H24N2O5/c1-32-21-13-9-17(10-14-21)15-22(19-5-3-2-4-6-19)24(29)26-23(25(30)27-31)16-18-7-11-20(28)12-8-18/h2-15,23,28,31H,16H2,1H3,(H,26,29)(H,27,30). The Hall–Kier alpha value is -4.10. The molecule has 4 N–H and O–H groups in total.